The van der Waals surface area contributed by atoms with E-state index in [9.17, 15) is 4.39 Å². The van der Waals surface area contributed by atoms with Crippen molar-refractivity contribution in [2.75, 3.05) is 0 Å². The molecule has 1 aromatic rings. The minimum atomic E-state index is -0.166. The van der Waals surface area contributed by atoms with Gasteiger partial charge >= 0.3 is 0 Å². The molecule has 0 aromatic heterocycles. The Morgan fingerprint density at radius 3 is 2.71 bits per heavy atom. The molecule has 1 fully saturated rings. The van der Waals surface area contributed by atoms with Crippen molar-refractivity contribution >= 4 is 11.8 Å². The van der Waals surface area contributed by atoms with Crippen molar-refractivity contribution in [3.05, 3.63) is 30.1 Å². The molecule has 0 bridgehead atoms. The Balaban J connectivity index is 2.07. The average Bonchev–Trinajstić information content (AvgIpc) is 2.23. The van der Waals surface area contributed by atoms with Crippen molar-refractivity contribution in [1.82, 2.24) is 0 Å². The summed E-state index contributed by atoms with van der Waals surface area (Å²) in [6.45, 7) is 4.52. The van der Waals surface area contributed by atoms with Crippen LogP contribution in [0.5, 0.6) is 0 Å². The van der Waals surface area contributed by atoms with E-state index in [2.05, 4.69) is 13.8 Å². The topological polar surface area (TPSA) is 26.0 Å². The summed E-state index contributed by atoms with van der Waals surface area (Å²) in [5, 5.41) is 0.410. The van der Waals surface area contributed by atoms with E-state index in [1.54, 1.807) is 23.9 Å². The molecule has 1 nitrogen and oxygen atoms in total. The monoisotopic (exact) mass is 253 g/mol. The second-order valence-electron chi connectivity index (χ2n) is 5.26. The molecule has 1 aromatic carbocycles. The van der Waals surface area contributed by atoms with E-state index in [0.717, 1.165) is 11.3 Å². The van der Waals surface area contributed by atoms with Crippen molar-refractivity contribution < 1.29 is 4.39 Å². The molecule has 2 rings (SSSR count). The van der Waals surface area contributed by atoms with Crippen LogP contribution in [0.15, 0.2) is 29.2 Å². The zero-order valence-corrected chi connectivity index (χ0v) is 11.2. The second-order valence-corrected chi connectivity index (χ2v) is 6.51. The van der Waals surface area contributed by atoms with E-state index >= 15 is 0 Å². The standard InChI is InChI=1S/C14H20FNS/c1-9-6-10(2)14(13(16)7-9)17-12-5-3-4-11(15)8-12/h3-5,8-10,13-14H,6-7,16H2,1-2H3. The molecule has 0 spiro atoms. The summed E-state index contributed by atoms with van der Waals surface area (Å²) < 4.78 is 13.1. The summed E-state index contributed by atoms with van der Waals surface area (Å²) in [6.07, 6.45) is 2.30. The molecule has 2 N–H and O–H groups in total. The second kappa shape index (κ2) is 5.40. The van der Waals surface area contributed by atoms with E-state index in [-0.39, 0.29) is 11.9 Å². The molecule has 0 heterocycles. The van der Waals surface area contributed by atoms with Crippen LogP contribution < -0.4 is 5.73 Å². The van der Waals surface area contributed by atoms with Gasteiger partial charge in [0.15, 0.2) is 0 Å². The normalized spacial score (nSPS) is 33.6. The number of hydrogen-bond acceptors (Lipinski definition) is 2. The first-order valence-electron chi connectivity index (χ1n) is 6.24. The molecule has 4 unspecified atom stereocenters. The van der Waals surface area contributed by atoms with Gasteiger partial charge < -0.3 is 5.73 Å². The molecule has 17 heavy (non-hydrogen) atoms. The molecular weight excluding hydrogens is 233 g/mol. The van der Waals surface area contributed by atoms with E-state index in [1.165, 1.54) is 12.5 Å². The van der Waals surface area contributed by atoms with Gasteiger partial charge in [-0.15, -0.1) is 11.8 Å². The molecule has 0 amide bonds. The lowest BCUT2D eigenvalue weighted by atomic mass is 9.80. The highest BCUT2D eigenvalue weighted by atomic mass is 32.2. The van der Waals surface area contributed by atoms with Crippen LogP contribution in [0.2, 0.25) is 0 Å². The Labute approximate surface area is 107 Å². The van der Waals surface area contributed by atoms with Gasteiger partial charge in [-0.05, 0) is 42.9 Å². The van der Waals surface area contributed by atoms with Gasteiger partial charge in [-0.2, -0.15) is 0 Å². The molecule has 0 radical (unpaired) electrons. The van der Waals surface area contributed by atoms with Crippen molar-refractivity contribution in [1.29, 1.82) is 0 Å². The highest BCUT2D eigenvalue weighted by molar-refractivity contribution is 8.00. The average molecular weight is 253 g/mol. The van der Waals surface area contributed by atoms with Crippen molar-refractivity contribution in [3.8, 4) is 0 Å². The van der Waals surface area contributed by atoms with Crippen LogP contribution in [-0.2, 0) is 0 Å². The van der Waals surface area contributed by atoms with Crippen LogP contribution in [0.3, 0.4) is 0 Å². The molecule has 0 saturated heterocycles. The number of hydrogen-bond donors (Lipinski definition) is 1. The molecule has 3 heteroatoms. The van der Waals surface area contributed by atoms with Crippen molar-refractivity contribution in [2.24, 2.45) is 17.6 Å². The summed E-state index contributed by atoms with van der Waals surface area (Å²) in [4.78, 5) is 0.992. The number of rotatable bonds is 2. The SMILES string of the molecule is CC1CC(C)C(Sc2cccc(F)c2)C(N)C1. The predicted molar refractivity (Wildman–Crippen MR) is 71.6 cm³/mol. The fraction of sp³-hybridized carbons (Fsp3) is 0.571. The van der Waals surface area contributed by atoms with Gasteiger partial charge in [-0.1, -0.05) is 19.9 Å². The van der Waals surface area contributed by atoms with Gasteiger partial charge in [-0.3, -0.25) is 0 Å². The summed E-state index contributed by atoms with van der Waals surface area (Å²) in [7, 11) is 0. The van der Waals surface area contributed by atoms with Crippen LogP contribution in [0.25, 0.3) is 0 Å². The van der Waals surface area contributed by atoms with Gasteiger partial charge in [0.05, 0.1) is 0 Å². The maximum absolute atomic E-state index is 13.1. The third kappa shape index (κ3) is 3.23. The highest BCUT2D eigenvalue weighted by Gasteiger charge is 2.32. The third-order valence-corrected chi connectivity index (χ3v) is 5.11. The third-order valence-electron chi connectivity index (χ3n) is 3.50. The zero-order chi connectivity index (χ0) is 12.4. The van der Waals surface area contributed by atoms with Crippen LogP contribution in [0.1, 0.15) is 26.7 Å². The van der Waals surface area contributed by atoms with Gasteiger partial charge in [0.2, 0.25) is 0 Å². The fourth-order valence-corrected chi connectivity index (χ4v) is 4.07. The molecule has 1 aliphatic rings. The molecular formula is C14H20FNS. The van der Waals surface area contributed by atoms with Gasteiger partial charge in [0.1, 0.15) is 5.82 Å². The first-order valence-corrected chi connectivity index (χ1v) is 7.12. The van der Waals surface area contributed by atoms with Gasteiger partial charge in [0, 0.05) is 16.2 Å². The molecule has 1 saturated carbocycles. The Bertz CT molecular complexity index is 370. The summed E-state index contributed by atoms with van der Waals surface area (Å²) in [6, 6.07) is 7.03. The van der Waals surface area contributed by atoms with Crippen LogP contribution in [-0.4, -0.2) is 11.3 Å². The lowest BCUT2D eigenvalue weighted by Gasteiger charge is -2.37. The minimum absolute atomic E-state index is 0.166. The minimum Gasteiger partial charge on any atom is -0.327 e. The van der Waals surface area contributed by atoms with Crippen molar-refractivity contribution in [2.45, 2.75) is 42.9 Å². The molecule has 94 valence electrons. The summed E-state index contributed by atoms with van der Waals surface area (Å²) >= 11 is 1.73. The van der Waals surface area contributed by atoms with Crippen LogP contribution in [0.4, 0.5) is 4.39 Å². The van der Waals surface area contributed by atoms with E-state index in [0.29, 0.717) is 17.1 Å². The van der Waals surface area contributed by atoms with E-state index < -0.39 is 0 Å². The number of nitrogens with two attached hydrogens (primary N) is 1. The lowest BCUT2D eigenvalue weighted by Crippen LogP contribution is -2.42. The van der Waals surface area contributed by atoms with Crippen LogP contribution in [0, 0.1) is 17.7 Å². The van der Waals surface area contributed by atoms with Crippen LogP contribution >= 0.6 is 11.8 Å². The predicted octanol–water partition coefficient (Wildman–Crippen LogP) is 3.68. The first-order chi connectivity index (χ1) is 8.06. The Hall–Kier alpha value is -0.540. The number of halogens is 1. The number of benzene rings is 1. The first kappa shape index (κ1) is 12.9. The Morgan fingerprint density at radius 2 is 2.06 bits per heavy atom. The van der Waals surface area contributed by atoms with E-state index in [4.69, 9.17) is 5.73 Å². The molecule has 0 aliphatic heterocycles. The maximum Gasteiger partial charge on any atom is 0.124 e. The zero-order valence-electron chi connectivity index (χ0n) is 10.4. The largest absolute Gasteiger partial charge is 0.327 e. The Morgan fingerprint density at radius 1 is 1.29 bits per heavy atom. The van der Waals surface area contributed by atoms with Crippen molar-refractivity contribution in [3.63, 3.8) is 0 Å². The smallest absolute Gasteiger partial charge is 0.124 e. The fourth-order valence-electron chi connectivity index (χ4n) is 2.79. The maximum atomic E-state index is 13.1. The highest BCUT2D eigenvalue weighted by Crippen LogP contribution is 2.38. The van der Waals surface area contributed by atoms with E-state index in [1.807, 2.05) is 6.07 Å². The lowest BCUT2D eigenvalue weighted by molar-refractivity contribution is 0.279. The quantitative estimate of drug-likeness (QED) is 0.870. The van der Waals surface area contributed by atoms with Gasteiger partial charge in [0.25, 0.3) is 0 Å². The molecule has 4 atom stereocenters. The number of thioether (sulfide) groups is 1. The Kier molecular flexibility index (Phi) is 4.10. The molecule has 1 aliphatic carbocycles. The van der Waals surface area contributed by atoms with Gasteiger partial charge in [-0.25, -0.2) is 4.39 Å². The summed E-state index contributed by atoms with van der Waals surface area (Å²) in [5.41, 5.74) is 6.23. The summed E-state index contributed by atoms with van der Waals surface area (Å²) in [5.74, 6) is 1.15.